The van der Waals surface area contributed by atoms with Crippen molar-refractivity contribution in [2.75, 3.05) is 0 Å². The molecule has 0 saturated carbocycles. The summed E-state index contributed by atoms with van der Waals surface area (Å²) in [5.41, 5.74) is 1.66. The first-order valence-corrected chi connectivity index (χ1v) is 8.60. The number of hydrogen-bond acceptors (Lipinski definition) is 3. The van der Waals surface area contributed by atoms with Gasteiger partial charge in [-0.25, -0.2) is 0 Å². The molecule has 0 radical (unpaired) electrons. The topological polar surface area (TPSA) is 43.1 Å². The number of fused-ring (bicyclic) bond motifs is 3. The van der Waals surface area contributed by atoms with Gasteiger partial charge in [0.25, 0.3) is 5.69 Å². The highest BCUT2D eigenvalue weighted by molar-refractivity contribution is 9.10. The number of nitro groups is 1. The summed E-state index contributed by atoms with van der Waals surface area (Å²) in [6.07, 6.45) is 0. The Balaban J connectivity index is 2.13. The van der Waals surface area contributed by atoms with Crippen molar-refractivity contribution in [3.8, 4) is 11.1 Å². The fourth-order valence-electron chi connectivity index (χ4n) is 2.88. The molecular formula is C18H10BrNO2S. The van der Waals surface area contributed by atoms with E-state index >= 15 is 0 Å². The molecular weight excluding hydrogens is 374 g/mol. The van der Waals surface area contributed by atoms with E-state index in [4.69, 9.17) is 0 Å². The van der Waals surface area contributed by atoms with Crippen LogP contribution in [0.2, 0.25) is 0 Å². The SMILES string of the molecule is O=[N+]([O-])c1cc(Br)ccc1-c1cccc2sc3ccccc3c12. The van der Waals surface area contributed by atoms with E-state index in [1.807, 2.05) is 36.4 Å². The van der Waals surface area contributed by atoms with Gasteiger partial charge in [-0.2, -0.15) is 0 Å². The Labute approximate surface area is 144 Å². The molecule has 0 unspecified atom stereocenters. The van der Waals surface area contributed by atoms with Gasteiger partial charge in [-0.15, -0.1) is 11.3 Å². The van der Waals surface area contributed by atoms with Gasteiger partial charge in [-0.05, 0) is 29.8 Å². The second kappa shape index (κ2) is 5.44. The lowest BCUT2D eigenvalue weighted by Crippen LogP contribution is -1.92. The zero-order valence-electron chi connectivity index (χ0n) is 11.8. The molecule has 3 aromatic carbocycles. The molecule has 1 heterocycles. The van der Waals surface area contributed by atoms with E-state index in [1.54, 1.807) is 17.4 Å². The molecule has 4 rings (SSSR count). The van der Waals surface area contributed by atoms with Crippen LogP contribution in [0.3, 0.4) is 0 Å². The number of hydrogen-bond donors (Lipinski definition) is 0. The number of halogens is 1. The van der Waals surface area contributed by atoms with Crippen LogP contribution >= 0.6 is 27.3 Å². The van der Waals surface area contributed by atoms with Crippen LogP contribution in [0, 0.1) is 10.1 Å². The monoisotopic (exact) mass is 383 g/mol. The minimum atomic E-state index is -0.326. The lowest BCUT2D eigenvalue weighted by Gasteiger charge is -2.06. The third kappa shape index (κ3) is 2.33. The lowest BCUT2D eigenvalue weighted by molar-refractivity contribution is -0.384. The summed E-state index contributed by atoms with van der Waals surface area (Å²) in [6.45, 7) is 0. The average molecular weight is 384 g/mol. The van der Waals surface area contributed by atoms with Crippen LogP contribution in [0.1, 0.15) is 0 Å². The highest BCUT2D eigenvalue weighted by atomic mass is 79.9. The molecule has 1 aromatic heterocycles. The first-order chi connectivity index (χ1) is 11.1. The van der Waals surface area contributed by atoms with Gasteiger partial charge in [-0.3, -0.25) is 10.1 Å². The first-order valence-electron chi connectivity index (χ1n) is 7.00. The van der Waals surface area contributed by atoms with E-state index < -0.39 is 0 Å². The summed E-state index contributed by atoms with van der Waals surface area (Å²) in [5.74, 6) is 0. The summed E-state index contributed by atoms with van der Waals surface area (Å²) in [6, 6.07) is 19.4. The molecule has 0 aliphatic rings. The maximum Gasteiger partial charge on any atom is 0.278 e. The zero-order chi connectivity index (χ0) is 16.0. The normalized spacial score (nSPS) is 11.2. The summed E-state index contributed by atoms with van der Waals surface area (Å²) < 4.78 is 3.03. The molecule has 23 heavy (non-hydrogen) atoms. The van der Waals surface area contributed by atoms with Crippen molar-refractivity contribution in [3.63, 3.8) is 0 Å². The minimum Gasteiger partial charge on any atom is -0.258 e. The number of benzene rings is 3. The molecule has 112 valence electrons. The molecule has 4 aromatic rings. The van der Waals surface area contributed by atoms with E-state index in [9.17, 15) is 10.1 Å². The van der Waals surface area contributed by atoms with E-state index in [2.05, 4.69) is 34.1 Å². The summed E-state index contributed by atoms with van der Waals surface area (Å²) in [4.78, 5) is 11.1. The smallest absolute Gasteiger partial charge is 0.258 e. The Morgan fingerprint density at radius 3 is 2.52 bits per heavy atom. The van der Waals surface area contributed by atoms with Crippen LogP contribution in [0.5, 0.6) is 0 Å². The third-order valence-corrected chi connectivity index (χ3v) is 5.48. The highest BCUT2D eigenvalue weighted by Crippen LogP contribution is 2.42. The molecule has 3 nitrogen and oxygen atoms in total. The molecule has 0 saturated heterocycles. The van der Waals surface area contributed by atoms with Crippen LogP contribution < -0.4 is 0 Å². The third-order valence-electron chi connectivity index (χ3n) is 3.85. The van der Waals surface area contributed by atoms with Crippen molar-refractivity contribution in [1.29, 1.82) is 0 Å². The van der Waals surface area contributed by atoms with Crippen molar-refractivity contribution in [2.45, 2.75) is 0 Å². The van der Waals surface area contributed by atoms with Gasteiger partial charge < -0.3 is 0 Å². The minimum absolute atomic E-state index is 0.113. The fraction of sp³-hybridized carbons (Fsp3) is 0. The van der Waals surface area contributed by atoms with Crippen LogP contribution in [0.4, 0.5) is 5.69 Å². The number of nitrogens with zero attached hydrogens (tertiary/aromatic N) is 1. The van der Waals surface area contributed by atoms with E-state index in [1.165, 1.54) is 4.70 Å². The number of nitro benzene ring substituents is 1. The first kappa shape index (κ1) is 14.4. The van der Waals surface area contributed by atoms with Crippen molar-refractivity contribution in [3.05, 3.63) is 75.3 Å². The molecule has 0 aliphatic heterocycles. The van der Waals surface area contributed by atoms with Gasteiger partial charge in [0.1, 0.15) is 0 Å². The van der Waals surface area contributed by atoms with Crippen molar-refractivity contribution in [2.24, 2.45) is 0 Å². The van der Waals surface area contributed by atoms with Crippen LogP contribution in [-0.4, -0.2) is 4.92 Å². The van der Waals surface area contributed by atoms with Crippen molar-refractivity contribution >= 4 is 53.1 Å². The standard InChI is InChI=1S/C18H10BrNO2S/c19-11-8-9-12(15(10-11)20(21)22)13-5-3-7-17-18(13)14-4-1-2-6-16(14)23-17/h1-10H. The van der Waals surface area contributed by atoms with Gasteiger partial charge in [0.05, 0.1) is 10.5 Å². The molecule has 0 N–H and O–H groups in total. The predicted molar refractivity (Wildman–Crippen MR) is 99.1 cm³/mol. The Morgan fingerprint density at radius 2 is 1.70 bits per heavy atom. The zero-order valence-corrected chi connectivity index (χ0v) is 14.2. The van der Waals surface area contributed by atoms with Crippen molar-refractivity contribution < 1.29 is 4.92 Å². The highest BCUT2D eigenvalue weighted by Gasteiger charge is 2.19. The molecule has 0 amide bonds. The molecule has 0 fully saturated rings. The molecule has 0 bridgehead atoms. The Bertz CT molecular complexity index is 1070. The Kier molecular flexibility index (Phi) is 3.39. The molecule has 0 aliphatic carbocycles. The number of rotatable bonds is 2. The molecule has 0 spiro atoms. The van der Waals surface area contributed by atoms with Gasteiger partial charge in [-0.1, -0.05) is 46.3 Å². The second-order valence-electron chi connectivity index (χ2n) is 5.20. The number of thiophene rings is 1. The summed E-state index contributed by atoms with van der Waals surface area (Å²) >= 11 is 5.03. The van der Waals surface area contributed by atoms with Gasteiger partial charge in [0, 0.05) is 30.7 Å². The lowest BCUT2D eigenvalue weighted by atomic mass is 9.98. The average Bonchev–Trinajstić information content (AvgIpc) is 2.93. The Hall–Kier alpha value is -2.24. The Morgan fingerprint density at radius 1 is 0.913 bits per heavy atom. The molecule has 0 atom stereocenters. The van der Waals surface area contributed by atoms with Gasteiger partial charge >= 0.3 is 0 Å². The maximum absolute atomic E-state index is 11.5. The quantitative estimate of drug-likeness (QED) is 0.297. The van der Waals surface area contributed by atoms with Crippen LogP contribution in [-0.2, 0) is 0 Å². The van der Waals surface area contributed by atoms with Crippen LogP contribution in [0.15, 0.2) is 65.1 Å². The predicted octanol–water partition coefficient (Wildman–Crippen LogP) is 6.39. The van der Waals surface area contributed by atoms with Crippen LogP contribution in [0.25, 0.3) is 31.3 Å². The van der Waals surface area contributed by atoms with E-state index in [0.29, 0.717) is 10.0 Å². The maximum atomic E-state index is 11.5. The summed E-state index contributed by atoms with van der Waals surface area (Å²) in [7, 11) is 0. The fourth-order valence-corrected chi connectivity index (χ4v) is 4.36. The van der Waals surface area contributed by atoms with Gasteiger partial charge in [0.15, 0.2) is 0 Å². The van der Waals surface area contributed by atoms with Gasteiger partial charge in [0.2, 0.25) is 0 Å². The summed E-state index contributed by atoms with van der Waals surface area (Å²) in [5, 5.41) is 13.7. The molecule has 5 heteroatoms. The van der Waals surface area contributed by atoms with E-state index in [-0.39, 0.29) is 10.6 Å². The largest absolute Gasteiger partial charge is 0.278 e. The van der Waals surface area contributed by atoms with Crippen molar-refractivity contribution in [1.82, 2.24) is 0 Å². The van der Waals surface area contributed by atoms with E-state index in [0.717, 1.165) is 21.0 Å². The second-order valence-corrected chi connectivity index (χ2v) is 7.19.